The zero-order valence-corrected chi connectivity index (χ0v) is 13.6. The first-order valence-electron chi connectivity index (χ1n) is 7.34. The van der Waals surface area contributed by atoms with Gasteiger partial charge in [-0.25, -0.2) is 9.37 Å². The van der Waals surface area contributed by atoms with E-state index < -0.39 is 0 Å². The third-order valence-electron chi connectivity index (χ3n) is 3.30. The van der Waals surface area contributed by atoms with Crippen LogP contribution in [-0.2, 0) is 11.3 Å². The average molecular weight is 342 g/mol. The summed E-state index contributed by atoms with van der Waals surface area (Å²) in [5, 5.41) is 1.96. The molecular formula is C18H15FN2O2S. The third-order valence-corrected chi connectivity index (χ3v) is 4.16. The van der Waals surface area contributed by atoms with Crippen LogP contribution in [0.1, 0.15) is 4.88 Å². The van der Waals surface area contributed by atoms with Crippen molar-refractivity contribution in [1.82, 2.24) is 4.98 Å². The van der Waals surface area contributed by atoms with E-state index >= 15 is 0 Å². The van der Waals surface area contributed by atoms with E-state index in [0.29, 0.717) is 18.1 Å². The molecule has 1 aromatic carbocycles. The molecule has 0 aliphatic carbocycles. The normalized spacial score (nSPS) is 10.4. The maximum Gasteiger partial charge on any atom is 0.266 e. The predicted octanol–water partition coefficient (Wildman–Crippen LogP) is 3.89. The fourth-order valence-corrected chi connectivity index (χ4v) is 2.82. The Morgan fingerprint density at radius 1 is 1.12 bits per heavy atom. The fourth-order valence-electron chi connectivity index (χ4n) is 2.12. The van der Waals surface area contributed by atoms with Crippen LogP contribution in [-0.4, -0.2) is 17.5 Å². The molecule has 4 nitrogen and oxygen atoms in total. The van der Waals surface area contributed by atoms with Crippen LogP contribution >= 0.6 is 11.3 Å². The van der Waals surface area contributed by atoms with Gasteiger partial charge in [0.1, 0.15) is 17.4 Å². The van der Waals surface area contributed by atoms with Crippen LogP contribution in [0.25, 0.3) is 0 Å². The van der Waals surface area contributed by atoms with Gasteiger partial charge in [-0.2, -0.15) is 0 Å². The fraction of sp³-hybridized carbons (Fsp3) is 0.111. The SMILES string of the molecule is O=C(COc1ccc(F)cc1)N(Cc1cccs1)c1ccccn1. The van der Waals surface area contributed by atoms with Gasteiger partial charge >= 0.3 is 0 Å². The van der Waals surface area contributed by atoms with Gasteiger partial charge in [0.05, 0.1) is 6.54 Å². The van der Waals surface area contributed by atoms with E-state index in [9.17, 15) is 9.18 Å². The van der Waals surface area contributed by atoms with E-state index in [-0.39, 0.29) is 18.3 Å². The molecule has 0 unspecified atom stereocenters. The Labute approximate surface area is 143 Å². The average Bonchev–Trinajstić information content (AvgIpc) is 3.13. The van der Waals surface area contributed by atoms with Crippen LogP contribution in [0.4, 0.5) is 10.2 Å². The lowest BCUT2D eigenvalue weighted by atomic mass is 10.3. The number of benzene rings is 1. The van der Waals surface area contributed by atoms with Gasteiger partial charge in [-0.05, 0) is 47.8 Å². The highest BCUT2D eigenvalue weighted by molar-refractivity contribution is 7.09. The Morgan fingerprint density at radius 2 is 1.96 bits per heavy atom. The molecule has 0 spiro atoms. The number of aromatic nitrogens is 1. The molecule has 0 aliphatic heterocycles. The largest absolute Gasteiger partial charge is 0.484 e. The summed E-state index contributed by atoms with van der Waals surface area (Å²) in [5.41, 5.74) is 0. The molecule has 1 amide bonds. The van der Waals surface area contributed by atoms with E-state index in [1.807, 2.05) is 23.6 Å². The molecule has 24 heavy (non-hydrogen) atoms. The molecule has 0 saturated heterocycles. The number of pyridine rings is 1. The highest BCUT2D eigenvalue weighted by Gasteiger charge is 2.18. The number of rotatable bonds is 6. The van der Waals surface area contributed by atoms with Gasteiger partial charge in [0.25, 0.3) is 5.91 Å². The van der Waals surface area contributed by atoms with Crippen LogP contribution in [0.5, 0.6) is 5.75 Å². The van der Waals surface area contributed by atoms with Crippen LogP contribution in [0, 0.1) is 5.82 Å². The van der Waals surface area contributed by atoms with Crippen molar-refractivity contribution in [3.8, 4) is 5.75 Å². The molecule has 3 aromatic rings. The maximum atomic E-state index is 12.9. The van der Waals surface area contributed by atoms with Gasteiger partial charge < -0.3 is 4.74 Å². The number of amides is 1. The summed E-state index contributed by atoms with van der Waals surface area (Å²) in [6.45, 7) is 0.286. The molecule has 0 radical (unpaired) electrons. The third kappa shape index (κ3) is 4.17. The number of thiophene rings is 1. The summed E-state index contributed by atoms with van der Waals surface area (Å²) >= 11 is 1.58. The van der Waals surface area contributed by atoms with E-state index in [1.165, 1.54) is 24.3 Å². The second kappa shape index (κ2) is 7.70. The topological polar surface area (TPSA) is 42.4 Å². The molecular weight excluding hydrogens is 327 g/mol. The Morgan fingerprint density at radius 3 is 2.62 bits per heavy atom. The summed E-state index contributed by atoms with van der Waals surface area (Å²) in [4.78, 5) is 19.5. The van der Waals surface area contributed by atoms with Crippen molar-refractivity contribution >= 4 is 23.1 Å². The zero-order valence-electron chi connectivity index (χ0n) is 12.8. The lowest BCUT2D eigenvalue weighted by Gasteiger charge is -2.21. The first-order chi connectivity index (χ1) is 11.7. The number of halogens is 1. The van der Waals surface area contributed by atoms with E-state index in [4.69, 9.17) is 4.74 Å². The highest BCUT2D eigenvalue weighted by Crippen LogP contribution is 2.18. The minimum atomic E-state index is -0.346. The number of anilines is 1. The molecule has 2 heterocycles. The molecule has 0 N–H and O–H groups in total. The Balaban J connectivity index is 1.72. The van der Waals surface area contributed by atoms with Crippen molar-refractivity contribution < 1.29 is 13.9 Å². The quantitative estimate of drug-likeness (QED) is 0.682. The summed E-state index contributed by atoms with van der Waals surface area (Å²) in [6.07, 6.45) is 1.64. The first-order valence-corrected chi connectivity index (χ1v) is 8.22. The van der Waals surface area contributed by atoms with Crippen molar-refractivity contribution in [2.24, 2.45) is 0 Å². The highest BCUT2D eigenvalue weighted by atomic mass is 32.1. The van der Waals surface area contributed by atoms with Crippen LogP contribution < -0.4 is 9.64 Å². The molecule has 0 atom stereocenters. The van der Waals surface area contributed by atoms with Crippen LogP contribution in [0.3, 0.4) is 0 Å². The van der Waals surface area contributed by atoms with Crippen molar-refractivity contribution in [3.63, 3.8) is 0 Å². The Kier molecular flexibility index (Phi) is 5.18. The summed E-state index contributed by atoms with van der Waals surface area (Å²) in [5.74, 6) is 0.452. The lowest BCUT2D eigenvalue weighted by molar-refractivity contribution is -0.120. The number of hydrogen-bond acceptors (Lipinski definition) is 4. The summed E-state index contributed by atoms with van der Waals surface area (Å²) in [6, 6.07) is 14.9. The first kappa shape index (κ1) is 16.1. The number of hydrogen-bond donors (Lipinski definition) is 0. The number of carbonyl (C=O) groups excluding carboxylic acids is 1. The van der Waals surface area contributed by atoms with Crippen LogP contribution in [0.2, 0.25) is 0 Å². The van der Waals surface area contributed by atoms with Gasteiger partial charge in [0, 0.05) is 11.1 Å². The second-order valence-corrected chi connectivity index (χ2v) is 6.02. The van der Waals surface area contributed by atoms with Gasteiger partial charge in [-0.1, -0.05) is 12.1 Å². The van der Waals surface area contributed by atoms with E-state index in [0.717, 1.165) is 4.88 Å². The number of nitrogens with zero attached hydrogens (tertiary/aromatic N) is 2. The summed E-state index contributed by atoms with van der Waals surface area (Å²) in [7, 11) is 0. The number of ether oxygens (including phenoxy) is 1. The Hall–Kier alpha value is -2.73. The van der Waals surface area contributed by atoms with Crippen LogP contribution in [0.15, 0.2) is 66.2 Å². The molecule has 122 valence electrons. The van der Waals surface area contributed by atoms with Crippen molar-refractivity contribution in [3.05, 3.63) is 76.9 Å². The van der Waals surface area contributed by atoms with Gasteiger partial charge in [-0.15, -0.1) is 11.3 Å². The van der Waals surface area contributed by atoms with Gasteiger partial charge in [-0.3, -0.25) is 9.69 Å². The van der Waals surface area contributed by atoms with Crippen molar-refractivity contribution in [2.45, 2.75) is 6.54 Å². The standard InChI is InChI=1S/C18H15FN2O2S/c19-14-6-8-15(9-7-14)23-13-18(22)21(12-16-4-3-11-24-16)17-5-1-2-10-20-17/h1-11H,12-13H2. The van der Waals surface area contributed by atoms with Gasteiger partial charge in [0.15, 0.2) is 6.61 Å². The van der Waals surface area contributed by atoms with Crippen molar-refractivity contribution in [1.29, 1.82) is 0 Å². The monoisotopic (exact) mass is 342 g/mol. The molecule has 0 aliphatic rings. The molecule has 2 aromatic heterocycles. The molecule has 0 fully saturated rings. The lowest BCUT2D eigenvalue weighted by Crippen LogP contribution is -2.34. The van der Waals surface area contributed by atoms with E-state index in [1.54, 1.807) is 34.6 Å². The van der Waals surface area contributed by atoms with E-state index in [2.05, 4.69) is 4.98 Å². The molecule has 0 saturated carbocycles. The molecule has 3 rings (SSSR count). The Bertz CT molecular complexity index is 777. The second-order valence-electron chi connectivity index (χ2n) is 4.99. The summed E-state index contributed by atoms with van der Waals surface area (Å²) < 4.78 is 18.4. The predicted molar refractivity (Wildman–Crippen MR) is 91.6 cm³/mol. The number of carbonyl (C=O) groups is 1. The minimum absolute atomic E-state index is 0.145. The molecule has 6 heteroatoms. The zero-order chi connectivity index (χ0) is 16.8. The minimum Gasteiger partial charge on any atom is -0.484 e. The smallest absolute Gasteiger partial charge is 0.266 e. The van der Waals surface area contributed by atoms with Gasteiger partial charge in [0.2, 0.25) is 0 Å². The van der Waals surface area contributed by atoms with Crippen molar-refractivity contribution in [2.75, 3.05) is 11.5 Å². The molecule has 0 bridgehead atoms. The maximum absolute atomic E-state index is 12.9.